The predicted molar refractivity (Wildman–Crippen MR) is 98.7 cm³/mol. The maximum atomic E-state index is 12.3. The summed E-state index contributed by atoms with van der Waals surface area (Å²) in [5.41, 5.74) is 2.97. The Bertz CT molecular complexity index is 707. The summed E-state index contributed by atoms with van der Waals surface area (Å²) in [6.45, 7) is 7.54. The Hall–Kier alpha value is -2.82. The summed E-state index contributed by atoms with van der Waals surface area (Å²) in [5.74, 6) is -0.377. The molecule has 0 atom stereocenters. The van der Waals surface area contributed by atoms with E-state index in [0.29, 0.717) is 11.3 Å². The zero-order chi connectivity index (χ0) is 17.5. The van der Waals surface area contributed by atoms with Crippen LogP contribution in [0, 0.1) is 0 Å². The summed E-state index contributed by atoms with van der Waals surface area (Å²) >= 11 is 0. The molecule has 5 nitrogen and oxygen atoms in total. The molecule has 0 bridgehead atoms. The highest BCUT2D eigenvalue weighted by molar-refractivity contribution is 6.05. The monoisotopic (exact) mass is 325 g/mol. The molecule has 5 heteroatoms. The van der Waals surface area contributed by atoms with Crippen molar-refractivity contribution in [2.75, 3.05) is 28.6 Å². The SMILES string of the molecule is CCN(CC)c1ccc(NC(=O)c2cccc(NC(C)=O)c2)cc1. The van der Waals surface area contributed by atoms with Crippen molar-refractivity contribution in [3.05, 3.63) is 54.1 Å². The first-order valence-electron chi connectivity index (χ1n) is 8.07. The van der Waals surface area contributed by atoms with Crippen LogP contribution in [0.15, 0.2) is 48.5 Å². The second-order valence-corrected chi connectivity index (χ2v) is 5.44. The lowest BCUT2D eigenvalue weighted by Crippen LogP contribution is -2.21. The fourth-order valence-corrected chi connectivity index (χ4v) is 2.49. The Kier molecular flexibility index (Phi) is 5.95. The second-order valence-electron chi connectivity index (χ2n) is 5.44. The van der Waals surface area contributed by atoms with Crippen molar-refractivity contribution in [2.45, 2.75) is 20.8 Å². The molecule has 0 spiro atoms. The van der Waals surface area contributed by atoms with Gasteiger partial charge < -0.3 is 15.5 Å². The third kappa shape index (κ3) is 4.59. The van der Waals surface area contributed by atoms with Crippen LogP contribution < -0.4 is 15.5 Å². The highest BCUT2D eigenvalue weighted by Gasteiger charge is 2.08. The van der Waals surface area contributed by atoms with E-state index in [2.05, 4.69) is 29.4 Å². The summed E-state index contributed by atoms with van der Waals surface area (Å²) < 4.78 is 0. The van der Waals surface area contributed by atoms with E-state index >= 15 is 0 Å². The van der Waals surface area contributed by atoms with E-state index in [1.54, 1.807) is 24.3 Å². The molecule has 2 amide bonds. The van der Waals surface area contributed by atoms with Gasteiger partial charge in [0, 0.05) is 42.6 Å². The van der Waals surface area contributed by atoms with Gasteiger partial charge in [-0.1, -0.05) is 6.07 Å². The Balaban J connectivity index is 2.08. The lowest BCUT2D eigenvalue weighted by Gasteiger charge is -2.21. The summed E-state index contributed by atoms with van der Waals surface area (Å²) in [6.07, 6.45) is 0. The first-order valence-corrected chi connectivity index (χ1v) is 8.07. The number of nitrogens with one attached hydrogen (secondary N) is 2. The van der Waals surface area contributed by atoms with Crippen LogP contribution in [0.25, 0.3) is 0 Å². The fourth-order valence-electron chi connectivity index (χ4n) is 2.49. The van der Waals surface area contributed by atoms with Gasteiger partial charge in [-0.15, -0.1) is 0 Å². The van der Waals surface area contributed by atoms with E-state index in [1.807, 2.05) is 24.3 Å². The van der Waals surface area contributed by atoms with Gasteiger partial charge in [0.25, 0.3) is 5.91 Å². The first-order chi connectivity index (χ1) is 11.5. The minimum Gasteiger partial charge on any atom is -0.372 e. The van der Waals surface area contributed by atoms with Crippen LogP contribution in [0.3, 0.4) is 0 Å². The molecule has 0 saturated carbocycles. The normalized spacial score (nSPS) is 10.1. The number of anilines is 3. The molecule has 2 aromatic rings. The van der Waals surface area contributed by atoms with Gasteiger partial charge in [-0.2, -0.15) is 0 Å². The molecule has 2 rings (SSSR count). The van der Waals surface area contributed by atoms with Crippen LogP contribution in [0.4, 0.5) is 17.1 Å². The van der Waals surface area contributed by atoms with Gasteiger partial charge in [0.15, 0.2) is 0 Å². The highest BCUT2D eigenvalue weighted by Crippen LogP contribution is 2.19. The predicted octanol–water partition coefficient (Wildman–Crippen LogP) is 3.74. The molecule has 0 unspecified atom stereocenters. The summed E-state index contributed by atoms with van der Waals surface area (Å²) in [4.78, 5) is 25.7. The van der Waals surface area contributed by atoms with Crippen LogP contribution >= 0.6 is 0 Å². The third-order valence-corrected chi connectivity index (χ3v) is 3.70. The van der Waals surface area contributed by atoms with Crippen molar-refractivity contribution in [1.29, 1.82) is 0 Å². The maximum absolute atomic E-state index is 12.3. The minimum atomic E-state index is -0.210. The number of rotatable bonds is 6. The number of hydrogen-bond donors (Lipinski definition) is 2. The van der Waals surface area contributed by atoms with Crippen molar-refractivity contribution in [3.63, 3.8) is 0 Å². The van der Waals surface area contributed by atoms with E-state index in [9.17, 15) is 9.59 Å². The largest absolute Gasteiger partial charge is 0.372 e. The maximum Gasteiger partial charge on any atom is 0.255 e. The molecule has 0 aliphatic rings. The van der Waals surface area contributed by atoms with Gasteiger partial charge in [0.1, 0.15) is 0 Å². The zero-order valence-corrected chi connectivity index (χ0v) is 14.3. The molecule has 0 aliphatic heterocycles. The van der Waals surface area contributed by atoms with Crippen molar-refractivity contribution in [3.8, 4) is 0 Å². The number of carbonyl (C=O) groups excluding carboxylic acids is 2. The first kappa shape index (κ1) is 17.5. The Labute approximate surface area is 142 Å². The van der Waals surface area contributed by atoms with Crippen LogP contribution in [0.1, 0.15) is 31.1 Å². The molecule has 0 saturated heterocycles. The van der Waals surface area contributed by atoms with E-state index in [-0.39, 0.29) is 11.8 Å². The van der Waals surface area contributed by atoms with Gasteiger partial charge in [-0.3, -0.25) is 9.59 Å². The van der Waals surface area contributed by atoms with Crippen LogP contribution in [-0.4, -0.2) is 24.9 Å². The Morgan fingerprint density at radius 2 is 1.58 bits per heavy atom. The Morgan fingerprint density at radius 3 is 2.17 bits per heavy atom. The van der Waals surface area contributed by atoms with Crippen molar-refractivity contribution in [2.24, 2.45) is 0 Å². The molecule has 0 aromatic heterocycles. The van der Waals surface area contributed by atoms with Gasteiger partial charge in [0.05, 0.1) is 0 Å². The van der Waals surface area contributed by atoms with Gasteiger partial charge >= 0.3 is 0 Å². The fraction of sp³-hybridized carbons (Fsp3) is 0.263. The van der Waals surface area contributed by atoms with Gasteiger partial charge in [-0.25, -0.2) is 0 Å². The average Bonchev–Trinajstić information content (AvgIpc) is 2.57. The third-order valence-electron chi connectivity index (χ3n) is 3.70. The summed E-state index contributed by atoms with van der Waals surface area (Å²) in [6, 6.07) is 14.6. The van der Waals surface area contributed by atoms with Crippen LogP contribution in [0.5, 0.6) is 0 Å². The van der Waals surface area contributed by atoms with Gasteiger partial charge in [0.2, 0.25) is 5.91 Å². The number of carbonyl (C=O) groups is 2. The number of amides is 2. The summed E-state index contributed by atoms with van der Waals surface area (Å²) in [5, 5.41) is 5.54. The van der Waals surface area contributed by atoms with Crippen molar-refractivity contribution in [1.82, 2.24) is 0 Å². The van der Waals surface area contributed by atoms with Gasteiger partial charge in [-0.05, 0) is 56.3 Å². The molecule has 2 N–H and O–H groups in total. The minimum absolute atomic E-state index is 0.167. The quantitative estimate of drug-likeness (QED) is 0.850. The molecule has 24 heavy (non-hydrogen) atoms. The van der Waals surface area contributed by atoms with E-state index in [1.165, 1.54) is 6.92 Å². The standard InChI is InChI=1S/C19H23N3O2/c1-4-22(5-2)18-11-9-16(10-12-18)21-19(24)15-7-6-8-17(13-15)20-14(3)23/h6-13H,4-5H2,1-3H3,(H,20,23)(H,21,24). The van der Waals surface area contributed by atoms with Crippen LogP contribution in [-0.2, 0) is 4.79 Å². The number of benzene rings is 2. The topological polar surface area (TPSA) is 61.4 Å². The molecule has 2 aromatic carbocycles. The summed E-state index contributed by atoms with van der Waals surface area (Å²) in [7, 11) is 0. The lowest BCUT2D eigenvalue weighted by atomic mass is 10.1. The Morgan fingerprint density at radius 1 is 0.917 bits per heavy atom. The number of nitrogens with zero attached hydrogens (tertiary/aromatic N) is 1. The molecule has 126 valence electrons. The van der Waals surface area contributed by atoms with E-state index < -0.39 is 0 Å². The zero-order valence-electron chi connectivity index (χ0n) is 14.3. The molecule has 0 aliphatic carbocycles. The lowest BCUT2D eigenvalue weighted by molar-refractivity contribution is -0.114. The molecular weight excluding hydrogens is 302 g/mol. The van der Waals surface area contributed by atoms with Crippen molar-refractivity contribution < 1.29 is 9.59 Å². The molecule has 0 radical (unpaired) electrons. The highest BCUT2D eigenvalue weighted by atomic mass is 16.2. The smallest absolute Gasteiger partial charge is 0.255 e. The molecular formula is C19H23N3O2. The van der Waals surface area contributed by atoms with Crippen LogP contribution in [0.2, 0.25) is 0 Å². The van der Waals surface area contributed by atoms with E-state index in [4.69, 9.17) is 0 Å². The van der Waals surface area contributed by atoms with Crippen molar-refractivity contribution >= 4 is 28.9 Å². The average molecular weight is 325 g/mol. The molecule has 0 heterocycles. The number of hydrogen-bond acceptors (Lipinski definition) is 3. The molecule has 0 fully saturated rings. The second kappa shape index (κ2) is 8.15. The van der Waals surface area contributed by atoms with E-state index in [0.717, 1.165) is 24.5 Å².